The average molecular weight is 314 g/mol. The standard InChI is InChI=1S/C8H12BrNO3S2/c1-2-15(12,13)10-5-6(11)7-3-4-8(9)14-7/h3-4,6,10-11H,2,5H2,1H3. The van der Waals surface area contributed by atoms with Crippen LogP contribution in [-0.4, -0.2) is 25.8 Å². The highest BCUT2D eigenvalue weighted by atomic mass is 79.9. The number of hydrogen-bond donors (Lipinski definition) is 2. The van der Waals surface area contributed by atoms with Crippen LogP contribution in [0, 0.1) is 0 Å². The van der Waals surface area contributed by atoms with Gasteiger partial charge in [0, 0.05) is 11.4 Å². The molecule has 86 valence electrons. The van der Waals surface area contributed by atoms with E-state index < -0.39 is 16.1 Å². The van der Waals surface area contributed by atoms with Crippen LogP contribution in [0.15, 0.2) is 15.9 Å². The monoisotopic (exact) mass is 313 g/mol. The number of hydrogen-bond acceptors (Lipinski definition) is 4. The third-order valence-electron chi connectivity index (χ3n) is 1.80. The summed E-state index contributed by atoms with van der Waals surface area (Å²) in [6.07, 6.45) is -0.789. The van der Waals surface area contributed by atoms with E-state index in [9.17, 15) is 13.5 Å². The summed E-state index contributed by atoms with van der Waals surface area (Å²) < 4.78 is 25.5. The molecule has 0 bridgehead atoms. The zero-order valence-corrected chi connectivity index (χ0v) is 11.3. The normalized spacial score (nSPS) is 14.1. The predicted octanol–water partition coefficient (Wildman–Crippen LogP) is 1.48. The first-order chi connectivity index (χ1) is 6.94. The van der Waals surface area contributed by atoms with Gasteiger partial charge in [0.05, 0.1) is 9.54 Å². The summed E-state index contributed by atoms with van der Waals surface area (Å²) in [7, 11) is -3.23. The molecule has 0 saturated carbocycles. The second kappa shape index (κ2) is 5.40. The number of nitrogens with one attached hydrogen (secondary N) is 1. The highest BCUT2D eigenvalue weighted by Gasteiger charge is 2.13. The molecule has 2 N–H and O–H groups in total. The molecule has 0 radical (unpaired) electrons. The molecule has 0 aromatic carbocycles. The SMILES string of the molecule is CCS(=O)(=O)NCC(O)c1ccc(Br)s1. The summed E-state index contributed by atoms with van der Waals surface area (Å²) in [5.74, 6) is 0.0217. The number of aliphatic hydroxyl groups is 1. The maximum atomic E-state index is 11.1. The average Bonchev–Trinajstić information content (AvgIpc) is 2.61. The van der Waals surface area contributed by atoms with Crippen LogP contribution in [0.5, 0.6) is 0 Å². The Bertz CT molecular complexity index is 415. The molecule has 0 amide bonds. The minimum Gasteiger partial charge on any atom is -0.386 e. The van der Waals surface area contributed by atoms with E-state index in [1.807, 2.05) is 6.07 Å². The summed E-state index contributed by atoms with van der Waals surface area (Å²) in [6, 6.07) is 3.58. The van der Waals surface area contributed by atoms with Crippen molar-refractivity contribution in [2.75, 3.05) is 12.3 Å². The van der Waals surface area contributed by atoms with Crippen molar-refractivity contribution in [2.45, 2.75) is 13.0 Å². The molecular formula is C8H12BrNO3S2. The molecule has 0 fully saturated rings. The Morgan fingerprint density at radius 3 is 2.73 bits per heavy atom. The van der Waals surface area contributed by atoms with Crippen molar-refractivity contribution >= 4 is 37.3 Å². The van der Waals surface area contributed by atoms with Crippen molar-refractivity contribution in [3.8, 4) is 0 Å². The lowest BCUT2D eigenvalue weighted by Gasteiger charge is -2.09. The van der Waals surface area contributed by atoms with Crippen molar-refractivity contribution in [2.24, 2.45) is 0 Å². The van der Waals surface area contributed by atoms with Crippen LogP contribution in [-0.2, 0) is 10.0 Å². The second-order valence-corrected chi connectivity index (χ2v) is 7.50. The number of aliphatic hydroxyl groups excluding tert-OH is 1. The van der Waals surface area contributed by atoms with Gasteiger partial charge in [0.25, 0.3) is 0 Å². The first-order valence-electron chi connectivity index (χ1n) is 4.35. The molecule has 0 aliphatic rings. The molecule has 0 aliphatic heterocycles. The quantitative estimate of drug-likeness (QED) is 0.865. The lowest BCUT2D eigenvalue weighted by molar-refractivity contribution is 0.186. The number of sulfonamides is 1. The van der Waals surface area contributed by atoms with E-state index in [-0.39, 0.29) is 12.3 Å². The van der Waals surface area contributed by atoms with Gasteiger partial charge in [-0.05, 0) is 35.0 Å². The van der Waals surface area contributed by atoms with E-state index in [1.165, 1.54) is 11.3 Å². The molecule has 1 aromatic heterocycles. The fourth-order valence-electron chi connectivity index (χ4n) is 0.916. The highest BCUT2D eigenvalue weighted by molar-refractivity contribution is 9.11. The van der Waals surface area contributed by atoms with Gasteiger partial charge in [-0.3, -0.25) is 0 Å². The molecule has 1 heterocycles. The summed E-state index contributed by atoms with van der Waals surface area (Å²) in [4.78, 5) is 0.737. The van der Waals surface area contributed by atoms with Crippen molar-refractivity contribution in [1.29, 1.82) is 0 Å². The van der Waals surface area contributed by atoms with Crippen LogP contribution in [0.2, 0.25) is 0 Å². The van der Waals surface area contributed by atoms with Crippen LogP contribution in [0.3, 0.4) is 0 Å². The molecule has 1 rings (SSSR count). The summed E-state index contributed by atoms with van der Waals surface area (Å²) in [5.41, 5.74) is 0. The topological polar surface area (TPSA) is 66.4 Å². The van der Waals surface area contributed by atoms with E-state index in [0.29, 0.717) is 0 Å². The number of rotatable bonds is 5. The Morgan fingerprint density at radius 1 is 1.60 bits per heavy atom. The molecular weight excluding hydrogens is 302 g/mol. The molecule has 0 aliphatic carbocycles. The van der Waals surface area contributed by atoms with Crippen molar-refractivity contribution < 1.29 is 13.5 Å². The minimum absolute atomic E-state index is 0.0170. The first-order valence-corrected chi connectivity index (χ1v) is 7.61. The fourth-order valence-corrected chi connectivity index (χ4v) is 2.94. The van der Waals surface area contributed by atoms with Gasteiger partial charge >= 0.3 is 0 Å². The van der Waals surface area contributed by atoms with Gasteiger partial charge in [-0.1, -0.05) is 0 Å². The molecule has 7 heteroatoms. The Morgan fingerprint density at radius 2 is 2.27 bits per heavy atom. The van der Waals surface area contributed by atoms with E-state index in [2.05, 4.69) is 20.7 Å². The lowest BCUT2D eigenvalue weighted by Crippen LogP contribution is -2.29. The van der Waals surface area contributed by atoms with E-state index in [4.69, 9.17) is 0 Å². The van der Waals surface area contributed by atoms with Crippen molar-refractivity contribution in [1.82, 2.24) is 4.72 Å². The second-order valence-electron chi connectivity index (χ2n) is 2.91. The minimum atomic E-state index is -3.23. The first kappa shape index (κ1) is 13.1. The lowest BCUT2D eigenvalue weighted by atomic mass is 10.3. The highest BCUT2D eigenvalue weighted by Crippen LogP contribution is 2.26. The van der Waals surface area contributed by atoms with Gasteiger partial charge < -0.3 is 5.11 Å². The summed E-state index contributed by atoms with van der Waals surface area (Å²) >= 11 is 4.66. The Hall–Kier alpha value is 0.0500. The third kappa shape index (κ3) is 4.20. The van der Waals surface area contributed by atoms with Gasteiger partial charge in [0.1, 0.15) is 6.10 Å². The zero-order chi connectivity index (χ0) is 11.5. The van der Waals surface area contributed by atoms with Gasteiger partial charge in [0.15, 0.2) is 0 Å². The smallest absolute Gasteiger partial charge is 0.211 e. The van der Waals surface area contributed by atoms with Crippen LogP contribution >= 0.6 is 27.3 Å². The largest absolute Gasteiger partial charge is 0.386 e. The van der Waals surface area contributed by atoms with E-state index in [0.717, 1.165) is 8.66 Å². The summed E-state index contributed by atoms with van der Waals surface area (Å²) in [5, 5.41) is 9.66. The molecule has 15 heavy (non-hydrogen) atoms. The van der Waals surface area contributed by atoms with Gasteiger partial charge in [0.2, 0.25) is 10.0 Å². The molecule has 4 nitrogen and oxygen atoms in total. The van der Waals surface area contributed by atoms with Gasteiger partial charge in [-0.2, -0.15) is 0 Å². The third-order valence-corrected chi connectivity index (χ3v) is 4.89. The van der Waals surface area contributed by atoms with Gasteiger partial charge in [-0.25, -0.2) is 13.1 Å². The molecule has 1 unspecified atom stereocenters. The number of halogens is 1. The van der Waals surface area contributed by atoms with Gasteiger partial charge in [-0.15, -0.1) is 11.3 Å². The van der Waals surface area contributed by atoms with Crippen LogP contribution in [0.4, 0.5) is 0 Å². The molecule has 0 saturated heterocycles. The maximum absolute atomic E-state index is 11.1. The van der Waals surface area contributed by atoms with E-state index >= 15 is 0 Å². The summed E-state index contributed by atoms with van der Waals surface area (Å²) in [6.45, 7) is 1.57. The molecule has 0 spiro atoms. The van der Waals surface area contributed by atoms with Crippen molar-refractivity contribution in [3.63, 3.8) is 0 Å². The Kier molecular flexibility index (Phi) is 4.72. The molecule has 1 aromatic rings. The van der Waals surface area contributed by atoms with Crippen LogP contribution < -0.4 is 4.72 Å². The van der Waals surface area contributed by atoms with E-state index in [1.54, 1.807) is 13.0 Å². The molecule has 1 atom stereocenters. The predicted molar refractivity (Wildman–Crippen MR) is 64.4 cm³/mol. The van der Waals surface area contributed by atoms with Crippen molar-refractivity contribution in [3.05, 3.63) is 20.8 Å². The van der Waals surface area contributed by atoms with Crippen LogP contribution in [0.1, 0.15) is 17.9 Å². The van der Waals surface area contributed by atoms with Crippen LogP contribution in [0.25, 0.3) is 0 Å². The Balaban J connectivity index is 2.54. The zero-order valence-electron chi connectivity index (χ0n) is 8.10. The Labute approximate surface area is 102 Å². The number of thiophene rings is 1. The maximum Gasteiger partial charge on any atom is 0.211 e. The fraction of sp³-hybridized carbons (Fsp3) is 0.500.